The maximum absolute atomic E-state index is 12.6. The van der Waals surface area contributed by atoms with Crippen LogP contribution >= 0.6 is 23.6 Å². The number of nitrogens with zero attached hydrogens (tertiary/aromatic N) is 2. The Hall–Kier alpha value is -1.35. The van der Waals surface area contributed by atoms with Gasteiger partial charge in [-0.25, -0.2) is 8.42 Å². The molecule has 2 heterocycles. The smallest absolute Gasteiger partial charge is 0.252 e. The van der Waals surface area contributed by atoms with Crippen molar-refractivity contribution in [1.29, 1.82) is 0 Å². The quantitative estimate of drug-likeness (QED) is 0.813. The van der Waals surface area contributed by atoms with Crippen LogP contribution in [-0.2, 0) is 16.6 Å². The van der Waals surface area contributed by atoms with Crippen LogP contribution in [0, 0.1) is 0 Å². The summed E-state index contributed by atoms with van der Waals surface area (Å²) in [5.74, 6) is 0. The van der Waals surface area contributed by atoms with Crippen molar-refractivity contribution in [2.75, 3.05) is 6.54 Å². The van der Waals surface area contributed by atoms with Crippen LogP contribution in [0.25, 0.3) is 0 Å². The lowest BCUT2D eigenvalue weighted by Crippen LogP contribution is -2.30. The minimum Gasteiger partial charge on any atom is -0.389 e. The zero-order valence-electron chi connectivity index (χ0n) is 11.4. The van der Waals surface area contributed by atoms with Crippen molar-refractivity contribution in [2.24, 2.45) is 5.73 Å². The van der Waals surface area contributed by atoms with Crippen molar-refractivity contribution in [3.8, 4) is 0 Å². The molecule has 0 spiro atoms. The van der Waals surface area contributed by atoms with Crippen molar-refractivity contribution in [1.82, 2.24) is 9.29 Å². The highest BCUT2D eigenvalue weighted by atomic mass is 32.2. The maximum atomic E-state index is 12.6. The number of nitrogens with two attached hydrogens (primary N) is 1. The molecule has 0 saturated carbocycles. The highest BCUT2D eigenvalue weighted by molar-refractivity contribution is 7.91. The highest BCUT2D eigenvalue weighted by Crippen LogP contribution is 2.25. The normalized spacial score (nSPS) is 11.7. The van der Waals surface area contributed by atoms with E-state index in [1.165, 1.54) is 10.4 Å². The molecular formula is C13H15N3O2S3. The minimum atomic E-state index is -3.57. The van der Waals surface area contributed by atoms with Crippen LogP contribution in [0.5, 0.6) is 0 Å². The molecule has 2 rings (SSSR count). The third-order valence-corrected chi connectivity index (χ3v) is 6.69. The molecule has 0 aromatic carbocycles. The van der Waals surface area contributed by atoms with Gasteiger partial charge >= 0.3 is 0 Å². The SMILES string of the molecule is CCN(Cc1ccccn1)S(=O)(=O)c1ccc(C(N)=S)s1. The number of pyridine rings is 1. The van der Waals surface area contributed by atoms with Gasteiger partial charge in [0.15, 0.2) is 0 Å². The number of rotatable bonds is 6. The summed E-state index contributed by atoms with van der Waals surface area (Å²) in [5, 5.41) is 0. The topological polar surface area (TPSA) is 76.3 Å². The number of hydrogen-bond acceptors (Lipinski definition) is 5. The second-order valence-electron chi connectivity index (χ2n) is 4.24. The molecule has 0 amide bonds. The van der Waals surface area contributed by atoms with Gasteiger partial charge in [-0.05, 0) is 24.3 Å². The summed E-state index contributed by atoms with van der Waals surface area (Å²) in [6.07, 6.45) is 1.64. The summed E-state index contributed by atoms with van der Waals surface area (Å²) in [7, 11) is -3.57. The largest absolute Gasteiger partial charge is 0.389 e. The monoisotopic (exact) mass is 341 g/mol. The molecule has 0 unspecified atom stereocenters. The van der Waals surface area contributed by atoms with Gasteiger partial charge in [0, 0.05) is 12.7 Å². The third-order valence-electron chi connectivity index (χ3n) is 2.84. The molecule has 0 aliphatic rings. The lowest BCUT2D eigenvalue weighted by Gasteiger charge is -2.19. The van der Waals surface area contributed by atoms with Crippen LogP contribution in [0.2, 0.25) is 0 Å². The van der Waals surface area contributed by atoms with Gasteiger partial charge in [-0.3, -0.25) is 4.98 Å². The van der Waals surface area contributed by atoms with E-state index in [0.29, 0.717) is 17.1 Å². The molecule has 0 aliphatic heterocycles. The predicted molar refractivity (Wildman–Crippen MR) is 87.7 cm³/mol. The standard InChI is InChI=1S/C13H15N3O2S3/c1-2-16(9-10-5-3-4-8-15-10)21(17,18)12-7-6-11(20-12)13(14)19/h3-8H,2,9H2,1H3,(H2,14,19). The fraction of sp³-hybridized carbons (Fsp3) is 0.231. The molecular weight excluding hydrogens is 326 g/mol. The summed E-state index contributed by atoms with van der Waals surface area (Å²) < 4.78 is 26.9. The minimum absolute atomic E-state index is 0.203. The van der Waals surface area contributed by atoms with E-state index in [1.54, 1.807) is 31.3 Å². The number of aromatic nitrogens is 1. The first-order valence-electron chi connectivity index (χ1n) is 6.25. The zero-order valence-corrected chi connectivity index (χ0v) is 13.8. The molecule has 8 heteroatoms. The Bertz CT molecular complexity index is 726. The Morgan fingerprint density at radius 2 is 2.14 bits per heavy atom. The van der Waals surface area contributed by atoms with Gasteiger partial charge in [-0.15, -0.1) is 11.3 Å². The van der Waals surface area contributed by atoms with Crippen LogP contribution < -0.4 is 5.73 Å². The van der Waals surface area contributed by atoms with Crippen LogP contribution in [0.1, 0.15) is 17.5 Å². The van der Waals surface area contributed by atoms with Gasteiger partial charge in [-0.1, -0.05) is 25.2 Å². The Morgan fingerprint density at radius 3 is 2.67 bits per heavy atom. The van der Waals surface area contributed by atoms with Gasteiger partial charge in [0.05, 0.1) is 17.1 Å². The average Bonchev–Trinajstić information content (AvgIpc) is 2.96. The van der Waals surface area contributed by atoms with Gasteiger partial charge < -0.3 is 5.73 Å². The number of hydrogen-bond donors (Lipinski definition) is 1. The molecule has 2 aromatic heterocycles. The molecule has 0 aliphatic carbocycles. The lowest BCUT2D eigenvalue weighted by molar-refractivity contribution is 0.420. The van der Waals surface area contributed by atoms with Gasteiger partial charge in [0.1, 0.15) is 9.20 Å². The van der Waals surface area contributed by atoms with E-state index >= 15 is 0 Å². The number of thiophene rings is 1. The van der Waals surface area contributed by atoms with Crippen molar-refractivity contribution >= 4 is 38.6 Å². The molecule has 21 heavy (non-hydrogen) atoms. The molecule has 2 N–H and O–H groups in total. The average molecular weight is 341 g/mol. The Labute approximate surface area is 133 Å². The highest BCUT2D eigenvalue weighted by Gasteiger charge is 2.25. The Morgan fingerprint density at radius 1 is 1.38 bits per heavy atom. The molecule has 0 bridgehead atoms. The van der Waals surface area contributed by atoms with E-state index < -0.39 is 10.0 Å². The first-order valence-corrected chi connectivity index (χ1v) is 8.91. The summed E-state index contributed by atoms with van der Waals surface area (Å²) in [4.78, 5) is 4.96. The van der Waals surface area contributed by atoms with E-state index in [2.05, 4.69) is 4.98 Å². The summed E-state index contributed by atoms with van der Waals surface area (Å²) in [6, 6.07) is 8.60. The van der Waals surface area contributed by atoms with E-state index in [4.69, 9.17) is 18.0 Å². The fourth-order valence-corrected chi connectivity index (χ4v) is 4.68. The van der Waals surface area contributed by atoms with E-state index in [9.17, 15) is 8.42 Å². The number of thiocarbonyl (C=S) groups is 1. The maximum Gasteiger partial charge on any atom is 0.252 e. The summed E-state index contributed by atoms with van der Waals surface area (Å²) in [5.41, 5.74) is 6.23. The van der Waals surface area contributed by atoms with Crippen LogP contribution in [0.15, 0.2) is 40.7 Å². The fourth-order valence-electron chi connectivity index (χ4n) is 1.76. The molecule has 5 nitrogen and oxygen atoms in total. The van der Waals surface area contributed by atoms with E-state index in [-0.39, 0.29) is 15.7 Å². The van der Waals surface area contributed by atoms with Gasteiger partial charge in [0.25, 0.3) is 10.0 Å². The van der Waals surface area contributed by atoms with E-state index in [1.807, 2.05) is 6.07 Å². The Balaban J connectivity index is 2.28. The summed E-state index contributed by atoms with van der Waals surface area (Å²) in [6.45, 7) is 2.39. The molecule has 0 saturated heterocycles. The predicted octanol–water partition coefficient (Wildman–Crippen LogP) is 1.99. The van der Waals surface area contributed by atoms with Crippen molar-refractivity contribution in [2.45, 2.75) is 17.7 Å². The molecule has 0 fully saturated rings. The van der Waals surface area contributed by atoms with Crippen LogP contribution in [0.3, 0.4) is 0 Å². The molecule has 0 radical (unpaired) electrons. The van der Waals surface area contributed by atoms with Crippen molar-refractivity contribution < 1.29 is 8.42 Å². The Kier molecular flexibility index (Phi) is 5.04. The lowest BCUT2D eigenvalue weighted by atomic mass is 10.3. The molecule has 0 atom stereocenters. The van der Waals surface area contributed by atoms with Crippen molar-refractivity contribution in [3.05, 3.63) is 47.1 Å². The van der Waals surface area contributed by atoms with Crippen LogP contribution in [-0.4, -0.2) is 29.2 Å². The number of sulfonamides is 1. The third kappa shape index (κ3) is 3.65. The zero-order chi connectivity index (χ0) is 15.5. The van der Waals surface area contributed by atoms with E-state index in [0.717, 1.165) is 11.3 Å². The van der Waals surface area contributed by atoms with Crippen molar-refractivity contribution in [3.63, 3.8) is 0 Å². The van der Waals surface area contributed by atoms with Gasteiger partial charge in [-0.2, -0.15) is 4.31 Å². The van der Waals surface area contributed by atoms with Crippen LogP contribution in [0.4, 0.5) is 0 Å². The second-order valence-corrected chi connectivity index (χ2v) is 7.92. The van der Waals surface area contributed by atoms with Gasteiger partial charge in [0.2, 0.25) is 0 Å². The first-order chi connectivity index (χ1) is 9.95. The molecule has 2 aromatic rings. The second kappa shape index (κ2) is 6.61. The molecule has 112 valence electrons. The first kappa shape index (κ1) is 16.0. The summed E-state index contributed by atoms with van der Waals surface area (Å²) >= 11 is 5.95.